The highest BCUT2D eigenvalue weighted by atomic mass is 32.2. The van der Waals surface area contributed by atoms with E-state index in [1.165, 1.54) is 44.9 Å². The average Bonchev–Trinajstić information content (AvgIpc) is 2.96. The molecule has 0 bridgehead atoms. The summed E-state index contributed by atoms with van der Waals surface area (Å²) < 4.78 is 42.2. The molecule has 0 unspecified atom stereocenters. The minimum absolute atomic E-state index is 0.0265. The minimum atomic E-state index is -3.80. The molecule has 166 valence electrons. The second kappa shape index (κ2) is 11.4. The summed E-state index contributed by atoms with van der Waals surface area (Å²) in [5.74, 6) is -0.716. The lowest BCUT2D eigenvalue weighted by atomic mass is 10.0. The van der Waals surface area contributed by atoms with Gasteiger partial charge in [0.15, 0.2) is 5.79 Å². The molecule has 1 aromatic carbocycles. The maximum absolute atomic E-state index is 12.5. The van der Waals surface area contributed by atoms with Crippen molar-refractivity contribution in [2.45, 2.75) is 108 Å². The molecule has 0 spiro atoms. The van der Waals surface area contributed by atoms with E-state index < -0.39 is 15.9 Å². The van der Waals surface area contributed by atoms with Gasteiger partial charge in [0, 0.05) is 0 Å². The number of rotatable bonds is 13. The summed E-state index contributed by atoms with van der Waals surface area (Å²) in [7, 11) is -3.80. The molecule has 1 aliphatic rings. The average molecular weight is 427 g/mol. The van der Waals surface area contributed by atoms with Gasteiger partial charge in [-0.2, -0.15) is 8.42 Å². The summed E-state index contributed by atoms with van der Waals surface area (Å²) in [6, 6.07) is 6.66. The molecule has 0 radical (unpaired) electrons. The van der Waals surface area contributed by atoms with Crippen molar-refractivity contribution in [3.05, 3.63) is 29.8 Å². The van der Waals surface area contributed by atoms with Gasteiger partial charge in [-0.15, -0.1) is 0 Å². The normalized spacial score (nSPS) is 21.5. The van der Waals surface area contributed by atoms with E-state index in [1.807, 2.05) is 20.8 Å². The van der Waals surface area contributed by atoms with Gasteiger partial charge in [0.1, 0.15) is 6.10 Å². The summed E-state index contributed by atoms with van der Waals surface area (Å²) in [6.07, 6.45) is 10.3. The van der Waals surface area contributed by atoms with Crippen LogP contribution in [0.25, 0.3) is 0 Å². The third-order valence-electron chi connectivity index (χ3n) is 5.32. The van der Waals surface area contributed by atoms with Crippen molar-refractivity contribution >= 4 is 10.1 Å². The van der Waals surface area contributed by atoms with Gasteiger partial charge in [0.25, 0.3) is 10.1 Å². The largest absolute Gasteiger partial charge is 0.344 e. The molecule has 0 amide bonds. The zero-order chi connectivity index (χ0) is 21.3. The Morgan fingerprint density at radius 3 is 2.07 bits per heavy atom. The van der Waals surface area contributed by atoms with E-state index in [9.17, 15) is 8.42 Å². The molecule has 6 heteroatoms. The third kappa shape index (κ3) is 8.36. The van der Waals surface area contributed by atoms with Gasteiger partial charge in [-0.3, -0.25) is 4.18 Å². The summed E-state index contributed by atoms with van der Waals surface area (Å²) in [6.45, 7) is 7.85. The predicted molar refractivity (Wildman–Crippen MR) is 115 cm³/mol. The molecule has 1 saturated heterocycles. The van der Waals surface area contributed by atoms with Gasteiger partial charge >= 0.3 is 0 Å². The van der Waals surface area contributed by atoms with Crippen molar-refractivity contribution in [3.63, 3.8) is 0 Å². The second-order valence-corrected chi connectivity index (χ2v) is 10.1. The molecule has 0 aromatic heterocycles. The SMILES string of the molecule is CCCCCCCCCC[C@@H]1OC(C)(C)O[C@H]1COS(=O)(=O)c1ccc(C)cc1. The first-order valence-corrected chi connectivity index (χ1v) is 12.5. The van der Waals surface area contributed by atoms with Gasteiger partial charge < -0.3 is 9.47 Å². The van der Waals surface area contributed by atoms with Gasteiger partial charge in [0.2, 0.25) is 0 Å². The molecule has 1 heterocycles. The molecule has 2 atom stereocenters. The topological polar surface area (TPSA) is 61.8 Å². The Morgan fingerprint density at radius 1 is 0.897 bits per heavy atom. The van der Waals surface area contributed by atoms with Gasteiger partial charge in [-0.05, 0) is 39.3 Å². The lowest BCUT2D eigenvalue weighted by molar-refractivity contribution is -0.148. The number of unbranched alkanes of at least 4 members (excludes halogenated alkanes) is 7. The van der Waals surface area contributed by atoms with Crippen LogP contribution in [0.2, 0.25) is 0 Å². The first-order valence-electron chi connectivity index (χ1n) is 11.1. The van der Waals surface area contributed by atoms with Gasteiger partial charge in [-0.25, -0.2) is 0 Å². The Hall–Kier alpha value is -0.950. The highest BCUT2D eigenvalue weighted by Gasteiger charge is 2.41. The van der Waals surface area contributed by atoms with Crippen LogP contribution in [0.1, 0.15) is 84.1 Å². The fraction of sp³-hybridized carbons (Fsp3) is 0.739. The smallest absolute Gasteiger partial charge is 0.297 e. The molecule has 1 fully saturated rings. The molecule has 0 aliphatic carbocycles. The predicted octanol–water partition coefficient (Wildman–Crippen LogP) is 5.75. The van der Waals surface area contributed by atoms with E-state index in [-0.39, 0.29) is 23.7 Å². The van der Waals surface area contributed by atoms with Crippen LogP contribution in [0.5, 0.6) is 0 Å². The summed E-state index contributed by atoms with van der Waals surface area (Å²) in [4.78, 5) is 0.167. The molecule has 5 nitrogen and oxygen atoms in total. The Labute approximate surface area is 177 Å². The number of benzene rings is 1. The van der Waals surface area contributed by atoms with E-state index in [0.717, 1.165) is 18.4 Å². The van der Waals surface area contributed by atoms with E-state index in [0.29, 0.717) is 0 Å². The van der Waals surface area contributed by atoms with Crippen LogP contribution in [0.4, 0.5) is 0 Å². The Kier molecular flexibility index (Phi) is 9.60. The summed E-state index contributed by atoms with van der Waals surface area (Å²) >= 11 is 0. The van der Waals surface area contributed by atoms with Crippen LogP contribution in [0, 0.1) is 6.92 Å². The van der Waals surface area contributed by atoms with E-state index in [4.69, 9.17) is 13.7 Å². The minimum Gasteiger partial charge on any atom is -0.344 e. The number of aryl methyl sites for hydroxylation is 1. The van der Waals surface area contributed by atoms with Crippen molar-refractivity contribution in [3.8, 4) is 0 Å². The lowest BCUT2D eigenvalue weighted by Crippen LogP contribution is -2.29. The third-order valence-corrected chi connectivity index (χ3v) is 6.62. The maximum atomic E-state index is 12.5. The van der Waals surface area contributed by atoms with Crippen LogP contribution >= 0.6 is 0 Å². The van der Waals surface area contributed by atoms with Crippen molar-refractivity contribution in [1.82, 2.24) is 0 Å². The van der Waals surface area contributed by atoms with Crippen LogP contribution < -0.4 is 0 Å². The highest BCUT2D eigenvalue weighted by Crippen LogP contribution is 2.32. The van der Waals surface area contributed by atoms with Crippen molar-refractivity contribution in [1.29, 1.82) is 0 Å². The molecular formula is C23H38O5S. The monoisotopic (exact) mass is 426 g/mol. The first kappa shape index (κ1) is 24.3. The van der Waals surface area contributed by atoms with E-state index in [2.05, 4.69) is 6.92 Å². The molecule has 1 aliphatic heterocycles. The quantitative estimate of drug-likeness (QED) is 0.297. The Morgan fingerprint density at radius 2 is 1.45 bits per heavy atom. The summed E-state index contributed by atoms with van der Waals surface area (Å²) in [5, 5.41) is 0. The molecular weight excluding hydrogens is 388 g/mol. The van der Waals surface area contributed by atoms with Crippen LogP contribution in [0.3, 0.4) is 0 Å². The first-order chi connectivity index (χ1) is 13.7. The summed E-state index contributed by atoms with van der Waals surface area (Å²) in [5.41, 5.74) is 1.00. The number of hydrogen-bond acceptors (Lipinski definition) is 5. The van der Waals surface area contributed by atoms with Gasteiger partial charge in [0.05, 0.1) is 17.6 Å². The van der Waals surface area contributed by atoms with E-state index >= 15 is 0 Å². The van der Waals surface area contributed by atoms with Gasteiger partial charge in [-0.1, -0.05) is 76.0 Å². The van der Waals surface area contributed by atoms with Crippen molar-refractivity contribution in [2.24, 2.45) is 0 Å². The Balaban J connectivity index is 1.79. The van der Waals surface area contributed by atoms with Crippen LogP contribution in [-0.4, -0.2) is 33.0 Å². The molecule has 1 aromatic rings. The lowest BCUT2D eigenvalue weighted by Gasteiger charge is -2.17. The fourth-order valence-electron chi connectivity index (χ4n) is 3.70. The van der Waals surface area contributed by atoms with Crippen LogP contribution in [-0.2, 0) is 23.8 Å². The Bertz CT molecular complexity index is 696. The zero-order valence-corrected chi connectivity index (χ0v) is 19.3. The second-order valence-electron chi connectivity index (χ2n) is 8.53. The molecule has 2 rings (SSSR count). The van der Waals surface area contributed by atoms with Crippen molar-refractivity contribution < 1.29 is 22.1 Å². The molecule has 0 saturated carbocycles. The maximum Gasteiger partial charge on any atom is 0.297 e. The number of ether oxygens (including phenoxy) is 2. The fourth-order valence-corrected chi connectivity index (χ4v) is 4.62. The van der Waals surface area contributed by atoms with E-state index in [1.54, 1.807) is 24.3 Å². The van der Waals surface area contributed by atoms with Crippen LogP contribution in [0.15, 0.2) is 29.2 Å². The molecule has 29 heavy (non-hydrogen) atoms. The zero-order valence-electron chi connectivity index (χ0n) is 18.5. The number of hydrogen-bond donors (Lipinski definition) is 0. The highest BCUT2D eigenvalue weighted by molar-refractivity contribution is 7.86. The standard InChI is InChI=1S/C23H38O5S/c1-5-6-7-8-9-10-11-12-13-21-22(28-23(3,4)27-21)18-26-29(24,25)20-16-14-19(2)15-17-20/h14-17,21-22H,5-13,18H2,1-4H3/t21-,22-/m0/s1. The van der Waals surface area contributed by atoms with Crippen molar-refractivity contribution in [2.75, 3.05) is 6.61 Å². The molecule has 0 N–H and O–H groups in total.